The summed E-state index contributed by atoms with van der Waals surface area (Å²) in [6, 6.07) is 8.59. The molecule has 0 N–H and O–H groups in total. The van der Waals surface area contributed by atoms with Crippen LogP contribution in [0.5, 0.6) is 0 Å². The highest BCUT2D eigenvalue weighted by Crippen LogP contribution is 2.40. The van der Waals surface area contributed by atoms with Crippen molar-refractivity contribution in [3.63, 3.8) is 0 Å². The quantitative estimate of drug-likeness (QED) is 0.475. The van der Waals surface area contributed by atoms with Gasteiger partial charge in [-0.3, -0.25) is 0 Å². The second kappa shape index (κ2) is 8.91. The van der Waals surface area contributed by atoms with E-state index in [2.05, 4.69) is 105 Å². The predicted octanol–water partition coefficient (Wildman–Crippen LogP) is 1.88. The van der Waals surface area contributed by atoms with E-state index in [9.17, 15) is 0 Å². The Morgan fingerprint density at radius 1 is 0.962 bits per heavy atom. The number of allylic oxidation sites excluding steroid dienone is 9. The topological polar surface area (TPSA) is 6.25 Å². The summed E-state index contributed by atoms with van der Waals surface area (Å²) in [5.74, 6) is 0. The molecule has 0 atom stereocenters. The fourth-order valence-corrected chi connectivity index (χ4v) is 4.10. The molecule has 0 unspecified atom stereocenters. The van der Waals surface area contributed by atoms with Crippen LogP contribution in [0.1, 0.15) is 12.5 Å². The molecule has 0 saturated carbocycles. The first-order valence-electron chi connectivity index (χ1n) is 8.45. The van der Waals surface area contributed by atoms with Crippen molar-refractivity contribution in [2.45, 2.75) is 6.92 Å². The molecule has 0 spiro atoms. The van der Waals surface area contributed by atoms with E-state index in [1.165, 1.54) is 37.9 Å². The molecule has 0 aromatic heterocycles. The molecule has 1 aliphatic carbocycles. The smallest absolute Gasteiger partial charge is 0.207 e. The minimum atomic E-state index is 0. The summed E-state index contributed by atoms with van der Waals surface area (Å²) in [6.07, 6.45) is 13.2. The maximum Gasteiger partial charge on any atom is 0.207 e. The highest BCUT2D eigenvalue weighted by Gasteiger charge is 2.20. The van der Waals surface area contributed by atoms with Crippen LogP contribution in [0.4, 0.5) is 5.69 Å². The molecule has 0 saturated heterocycles. The molecule has 3 rings (SSSR count). The van der Waals surface area contributed by atoms with Gasteiger partial charge in [-0.1, -0.05) is 42.1 Å². The van der Waals surface area contributed by atoms with Crippen molar-refractivity contribution in [1.29, 1.82) is 0 Å². The van der Waals surface area contributed by atoms with Gasteiger partial charge in [0.2, 0.25) is 5.71 Å². The molecule has 4 heteroatoms. The average molecular weight is 476 g/mol. The second-order valence-corrected chi connectivity index (χ2v) is 7.93. The van der Waals surface area contributed by atoms with Crippen LogP contribution < -0.4 is 28.9 Å². The van der Waals surface area contributed by atoms with Gasteiger partial charge in [0.1, 0.15) is 14.1 Å². The van der Waals surface area contributed by atoms with E-state index < -0.39 is 0 Å². The van der Waals surface area contributed by atoms with Gasteiger partial charge in [0.25, 0.3) is 0 Å². The van der Waals surface area contributed by atoms with Crippen LogP contribution in [-0.2, 0) is 0 Å². The van der Waals surface area contributed by atoms with Crippen LogP contribution in [0, 0.1) is 0 Å². The average Bonchev–Trinajstić information content (AvgIpc) is 2.61. The van der Waals surface area contributed by atoms with Crippen LogP contribution in [0.15, 0.2) is 76.1 Å². The van der Waals surface area contributed by atoms with Crippen molar-refractivity contribution in [3.05, 3.63) is 81.7 Å². The van der Waals surface area contributed by atoms with Crippen LogP contribution in [0.3, 0.4) is 0 Å². The van der Waals surface area contributed by atoms with Gasteiger partial charge in [-0.2, -0.15) is 0 Å². The first kappa shape index (κ1) is 20.8. The number of thioether (sulfide) groups is 1. The Morgan fingerprint density at radius 3 is 2.35 bits per heavy atom. The number of para-hydroxylation sites is 1. The number of rotatable bonds is 2. The van der Waals surface area contributed by atoms with E-state index in [4.69, 9.17) is 0 Å². The molecule has 1 aromatic rings. The Hall–Kier alpha value is -1.53. The highest BCUT2D eigenvalue weighted by molar-refractivity contribution is 8.07. The van der Waals surface area contributed by atoms with E-state index in [0.29, 0.717) is 0 Å². The van der Waals surface area contributed by atoms with Gasteiger partial charge in [0, 0.05) is 36.3 Å². The van der Waals surface area contributed by atoms with Gasteiger partial charge in [0.15, 0.2) is 0 Å². The van der Waals surface area contributed by atoms with Crippen LogP contribution >= 0.6 is 11.8 Å². The maximum absolute atomic E-state index is 2.32. The van der Waals surface area contributed by atoms with Crippen molar-refractivity contribution in [3.8, 4) is 0 Å². The molecule has 0 fully saturated rings. The number of nitrogens with zero attached hydrogens (tertiary/aromatic N) is 2. The summed E-state index contributed by atoms with van der Waals surface area (Å²) in [4.78, 5) is 4.79. The van der Waals surface area contributed by atoms with Crippen molar-refractivity contribution in [2.75, 3.05) is 33.1 Å². The Labute approximate surface area is 178 Å². The lowest BCUT2D eigenvalue weighted by atomic mass is 9.99. The van der Waals surface area contributed by atoms with Crippen molar-refractivity contribution in [1.82, 2.24) is 0 Å². The van der Waals surface area contributed by atoms with Crippen LogP contribution in [0.2, 0.25) is 0 Å². The molecule has 136 valence electrons. The number of anilines is 1. The molecule has 1 aromatic carbocycles. The maximum atomic E-state index is 2.32. The summed E-state index contributed by atoms with van der Waals surface area (Å²) in [7, 11) is 8.39. The number of hydrogen-bond donors (Lipinski definition) is 0. The Morgan fingerprint density at radius 2 is 1.65 bits per heavy atom. The lowest BCUT2D eigenvalue weighted by Crippen LogP contribution is -3.00. The molecule has 1 aliphatic heterocycles. The predicted molar refractivity (Wildman–Crippen MR) is 113 cm³/mol. The zero-order valence-corrected chi connectivity index (χ0v) is 18.9. The highest BCUT2D eigenvalue weighted by atomic mass is 127. The van der Waals surface area contributed by atoms with Gasteiger partial charge < -0.3 is 28.9 Å². The lowest BCUT2D eigenvalue weighted by Gasteiger charge is -2.21. The monoisotopic (exact) mass is 476 g/mol. The lowest BCUT2D eigenvalue weighted by molar-refractivity contribution is -0.463. The summed E-state index contributed by atoms with van der Waals surface area (Å²) in [6.45, 7) is 2.19. The molecule has 0 bridgehead atoms. The van der Waals surface area contributed by atoms with Crippen molar-refractivity contribution < 1.29 is 28.6 Å². The van der Waals surface area contributed by atoms with E-state index >= 15 is 0 Å². The van der Waals surface area contributed by atoms with Crippen LogP contribution in [0.25, 0.3) is 5.57 Å². The van der Waals surface area contributed by atoms with Gasteiger partial charge in [0.05, 0.1) is 5.57 Å². The fraction of sp³-hybridized carbons (Fsp3) is 0.227. The van der Waals surface area contributed by atoms with Gasteiger partial charge in [-0.25, -0.2) is 4.58 Å². The number of benzene rings is 1. The molecule has 1 heterocycles. The molecule has 0 amide bonds. The van der Waals surface area contributed by atoms with E-state index in [-0.39, 0.29) is 24.0 Å². The number of hydrogen-bond acceptors (Lipinski definition) is 2. The first-order valence-corrected chi connectivity index (χ1v) is 9.27. The van der Waals surface area contributed by atoms with Gasteiger partial charge >= 0.3 is 0 Å². The third-order valence-corrected chi connectivity index (χ3v) is 5.26. The van der Waals surface area contributed by atoms with Crippen molar-refractivity contribution >= 4 is 28.7 Å². The van der Waals surface area contributed by atoms with E-state index in [1.807, 2.05) is 11.8 Å². The first-order chi connectivity index (χ1) is 12.0. The summed E-state index contributed by atoms with van der Waals surface area (Å²) >= 11 is 1.84. The SMILES string of the molecule is CC1=CC(c2ccccc2N(C)C)=C/C(=C2/C=CC=CC2=[N+](C)C)S1.[I-]. The van der Waals surface area contributed by atoms with E-state index in [1.54, 1.807) is 0 Å². The summed E-state index contributed by atoms with van der Waals surface area (Å²) < 4.78 is 2.18. The zero-order chi connectivity index (χ0) is 18.0. The summed E-state index contributed by atoms with van der Waals surface area (Å²) in [5.41, 5.74) is 6.31. The normalized spacial score (nSPS) is 18.9. The minimum Gasteiger partial charge on any atom is -1.00 e. The molecule has 0 radical (unpaired) electrons. The van der Waals surface area contributed by atoms with Gasteiger partial charge in [-0.15, -0.1) is 0 Å². The third kappa shape index (κ3) is 4.41. The minimum absolute atomic E-state index is 0. The fourth-order valence-electron chi connectivity index (χ4n) is 3.10. The van der Waals surface area contributed by atoms with Crippen LogP contribution in [-0.4, -0.2) is 38.5 Å². The van der Waals surface area contributed by atoms with E-state index in [0.717, 1.165) is 0 Å². The summed E-state index contributed by atoms with van der Waals surface area (Å²) in [5, 5.41) is 0. The Kier molecular flexibility index (Phi) is 7.12. The third-order valence-electron chi connectivity index (χ3n) is 4.26. The Balaban J connectivity index is 0.00000243. The Bertz CT molecular complexity index is 879. The number of halogens is 1. The molecule has 2 aliphatic rings. The zero-order valence-electron chi connectivity index (χ0n) is 16.0. The molecular formula is C22H25IN2S. The molecule has 2 nitrogen and oxygen atoms in total. The molecular weight excluding hydrogens is 451 g/mol. The van der Waals surface area contributed by atoms with Gasteiger partial charge in [-0.05, 0) is 41.7 Å². The largest absolute Gasteiger partial charge is 1.00 e. The standard InChI is InChI=1S/C22H25N2S.HI/c1-16-14-17(18-10-6-8-12-20(18)23(2)3)15-22(25-16)19-11-7-9-13-21(19)24(4)5;/h6-15H,1-5H3;1H/q+1;/p-1. The van der Waals surface area contributed by atoms with Crippen molar-refractivity contribution in [2.24, 2.45) is 0 Å². The molecule has 26 heavy (non-hydrogen) atoms. The second-order valence-electron chi connectivity index (χ2n) is 6.64.